The molecule has 3 nitrogen and oxygen atoms in total. The lowest BCUT2D eigenvalue weighted by atomic mass is 10.0. The van der Waals surface area contributed by atoms with Gasteiger partial charge in [-0.25, -0.2) is 9.97 Å². The molecule has 0 aliphatic heterocycles. The summed E-state index contributed by atoms with van der Waals surface area (Å²) in [6.07, 6.45) is 5.06. The van der Waals surface area contributed by atoms with Crippen molar-refractivity contribution in [2.24, 2.45) is 0 Å². The fourth-order valence-corrected chi connectivity index (χ4v) is 2.21. The van der Waals surface area contributed by atoms with Gasteiger partial charge in [0.05, 0.1) is 6.04 Å². The van der Waals surface area contributed by atoms with Crippen LogP contribution in [0.4, 0.5) is 0 Å². The predicted octanol–water partition coefficient (Wildman–Crippen LogP) is 3.48. The summed E-state index contributed by atoms with van der Waals surface area (Å²) < 4.78 is 0. The van der Waals surface area contributed by atoms with E-state index >= 15 is 0 Å². The van der Waals surface area contributed by atoms with E-state index in [2.05, 4.69) is 15.3 Å². The minimum atomic E-state index is -0.0533. The maximum absolute atomic E-state index is 6.24. The third kappa shape index (κ3) is 2.99. The summed E-state index contributed by atoms with van der Waals surface area (Å²) in [5, 5.41) is 4.70. The Morgan fingerprint density at radius 1 is 1.22 bits per heavy atom. The molecule has 0 saturated heterocycles. The van der Waals surface area contributed by atoms with Gasteiger partial charge in [0.25, 0.3) is 0 Å². The number of halogens is 2. The Hall–Kier alpha value is -1.16. The Morgan fingerprint density at radius 2 is 1.94 bits per heavy atom. The lowest BCUT2D eigenvalue weighted by Crippen LogP contribution is -2.22. The van der Waals surface area contributed by atoms with Gasteiger partial charge in [-0.3, -0.25) is 0 Å². The van der Waals surface area contributed by atoms with Gasteiger partial charge in [-0.1, -0.05) is 30.1 Å². The molecule has 0 bridgehead atoms. The molecule has 0 fully saturated rings. The van der Waals surface area contributed by atoms with Crippen molar-refractivity contribution < 1.29 is 0 Å². The molecule has 0 aliphatic carbocycles. The molecule has 1 N–H and O–H groups in total. The summed E-state index contributed by atoms with van der Waals surface area (Å²) in [7, 11) is 0. The average Bonchev–Trinajstić information content (AvgIpc) is 2.40. The van der Waals surface area contributed by atoms with Crippen molar-refractivity contribution in [1.29, 1.82) is 0 Å². The zero-order valence-corrected chi connectivity index (χ0v) is 11.4. The maximum Gasteiger partial charge on any atom is 0.115 e. The molecule has 0 saturated carbocycles. The fraction of sp³-hybridized carbons (Fsp3) is 0.231. The van der Waals surface area contributed by atoms with Crippen molar-refractivity contribution in [3.8, 4) is 0 Å². The smallest absolute Gasteiger partial charge is 0.115 e. The summed E-state index contributed by atoms with van der Waals surface area (Å²) >= 11 is 12.3. The van der Waals surface area contributed by atoms with E-state index in [4.69, 9.17) is 23.2 Å². The monoisotopic (exact) mass is 281 g/mol. The highest BCUT2D eigenvalue weighted by Gasteiger charge is 2.16. The standard InChI is InChI=1S/C13H13Cl2N3/c1-2-18-13(9-6-16-8-17-7-9)11-5-10(14)3-4-12(11)15/h3-8,13,18H,2H2,1H3. The average molecular weight is 282 g/mol. The highest BCUT2D eigenvalue weighted by molar-refractivity contribution is 6.33. The van der Waals surface area contributed by atoms with Gasteiger partial charge in [-0.2, -0.15) is 0 Å². The number of hydrogen-bond donors (Lipinski definition) is 1. The molecule has 1 atom stereocenters. The molecule has 2 aromatic rings. The third-order valence-corrected chi connectivity index (χ3v) is 3.17. The molecule has 18 heavy (non-hydrogen) atoms. The Morgan fingerprint density at radius 3 is 2.61 bits per heavy atom. The van der Waals surface area contributed by atoms with E-state index in [-0.39, 0.29) is 6.04 Å². The molecular weight excluding hydrogens is 269 g/mol. The van der Waals surface area contributed by atoms with E-state index in [9.17, 15) is 0 Å². The van der Waals surface area contributed by atoms with Crippen molar-refractivity contribution >= 4 is 23.2 Å². The molecule has 0 aliphatic rings. The van der Waals surface area contributed by atoms with Crippen LogP contribution in [0.1, 0.15) is 24.1 Å². The highest BCUT2D eigenvalue weighted by atomic mass is 35.5. The van der Waals surface area contributed by atoms with E-state index in [1.807, 2.05) is 13.0 Å². The molecule has 1 unspecified atom stereocenters. The Bertz CT molecular complexity index is 517. The number of rotatable bonds is 4. The Labute approximate surface area is 116 Å². The molecule has 0 spiro atoms. The molecule has 94 valence electrons. The van der Waals surface area contributed by atoms with Crippen LogP contribution in [-0.2, 0) is 0 Å². The fourth-order valence-electron chi connectivity index (χ4n) is 1.81. The molecule has 1 aromatic carbocycles. The summed E-state index contributed by atoms with van der Waals surface area (Å²) in [5.41, 5.74) is 1.89. The number of nitrogens with one attached hydrogen (secondary N) is 1. The van der Waals surface area contributed by atoms with Crippen molar-refractivity contribution in [3.63, 3.8) is 0 Å². The lowest BCUT2D eigenvalue weighted by Gasteiger charge is -2.19. The molecule has 0 amide bonds. The van der Waals surface area contributed by atoms with Gasteiger partial charge in [0, 0.05) is 28.0 Å². The van der Waals surface area contributed by atoms with Gasteiger partial charge in [-0.15, -0.1) is 0 Å². The van der Waals surface area contributed by atoms with Crippen molar-refractivity contribution in [2.45, 2.75) is 13.0 Å². The first-order valence-electron chi connectivity index (χ1n) is 5.65. The molecule has 0 radical (unpaired) electrons. The first kappa shape index (κ1) is 13.3. The third-order valence-electron chi connectivity index (χ3n) is 2.59. The van der Waals surface area contributed by atoms with Gasteiger partial charge in [0.2, 0.25) is 0 Å². The van der Waals surface area contributed by atoms with Gasteiger partial charge < -0.3 is 5.32 Å². The second-order valence-electron chi connectivity index (χ2n) is 3.83. The number of nitrogens with zero attached hydrogens (tertiary/aromatic N) is 2. The van der Waals surface area contributed by atoms with Crippen LogP contribution in [0.5, 0.6) is 0 Å². The van der Waals surface area contributed by atoms with E-state index < -0.39 is 0 Å². The minimum Gasteiger partial charge on any atom is -0.306 e. The Balaban J connectivity index is 2.44. The summed E-state index contributed by atoms with van der Waals surface area (Å²) in [6.45, 7) is 2.84. The van der Waals surface area contributed by atoms with Crippen molar-refractivity contribution in [1.82, 2.24) is 15.3 Å². The first-order chi connectivity index (χ1) is 8.72. The zero-order valence-electron chi connectivity index (χ0n) is 9.90. The topological polar surface area (TPSA) is 37.8 Å². The van der Waals surface area contributed by atoms with Gasteiger partial charge in [0.15, 0.2) is 0 Å². The molecule has 5 heteroatoms. The van der Waals surface area contributed by atoms with Crippen LogP contribution >= 0.6 is 23.2 Å². The summed E-state index contributed by atoms with van der Waals surface area (Å²) in [5.74, 6) is 0. The lowest BCUT2D eigenvalue weighted by molar-refractivity contribution is 0.626. The van der Waals surface area contributed by atoms with Crippen LogP contribution in [0.25, 0.3) is 0 Å². The minimum absolute atomic E-state index is 0.0533. The van der Waals surface area contributed by atoms with Crippen LogP contribution in [0, 0.1) is 0 Å². The zero-order chi connectivity index (χ0) is 13.0. The summed E-state index contributed by atoms with van der Waals surface area (Å²) in [4.78, 5) is 8.08. The molecule has 1 heterocycles. The van der Waals surface area contributed by atoms with E-state index in [0.717, 1.165) is 17.7 Å². The normalized spacial score (nSPS) is 12.4. The highest BCUT2D eigenvalue weighted by Crippen LogP contribution is 2.30. The number of benzene rings is 1. The quantitative estimate of drug-likeness (QED) is 0.932. The van der Waals surface area contributed by atoms with Crippen LogP contribution in [0.2, 0.25) is 10.0 Å². The van der Waals surface area contributed by atoms with Crippen molar-refractivity contribution in [3.05, 3.63) is 58.1 Å². The Kier molecular flexibility index (Phi) is 4.53. The van der Waals surface area contributed by atoms with Gasteiger partial charge >= 0.3 is 0 Å². The second kappa shape index (κ2) is 6.14. The number of hydrogen-bond acceptors (Lipinski definition) is 3. The van der Waals surface area contributed by atoms with Crippen molar-refractivity contribution in [2.75, 3.05) is 6.54 Å². The van der Waals surface area contributed by atoms with Crippen LogP contribution < -0.4 is 5.32 Å². The van der Waals surface area contributed by atoms with Gasteiger partial charge in [0.1, 0.15) is 6.33 Å². The van der Waals surface area contributed by atoms with Crippen LogP contribution in [-0.4, -0.2) is 16.5 Å². The van der Waals surface area contributed by atoms with E-state index in [0.29, 0.717) is 10.0 Å². The van der Waals surface area contributed by atoms with Crippen LogP contribution in [0.15, 0.2) is 36.9 Å². The molecule has 2 rings (SSSR count). The molecule has 1 aromatic heterocycles. The second-order valence-corrected chi connectivity index (χ2v) is 4.67. The maximum atomic E-state index is 6.24. The predicted molar refractivity (Wildman–Crippen MR) is 74.0 cm³/mol. The first-order valence-corrected chi connectivity index (χ1v) is 6.41. The van der Waals surface area contributed by atoms with Crippen LogP contribution in [0.3, 0.4) is 0 Å². The number of aromatic nitrogens is 2. The van der Waals surface area contributed by atoms with E-state index in [1.165, 1.54) is 6.33 Å². The largest absolute Gasteiger partial charge is 0.306 e. The SMILES string of the molecule is CCNC(c1cncnc1)c1cc(Cl)ccc1Cl. The molecular formula is C13H13Cl2N3. The van der Waals surface area contributed by atoms with E-state index in [1.54, 1.807) is 24.5 Å². The summed E-state index contributed by atoms with van der Waals surface area (Å²) in [6, 6.07) is 5.39. The van der Waals surface area contributed by atoms with Gasteiger partial charge in [-0.05, 0) is 30.3 Å².